The molecule has 0 aliphatic carbocycles. The molecule has 0 spiro atoms. The minimum atomic E-state index is -0.973. The van der Waals surface area contributed by atoms with E-state index >= 15 is 0 Å². The number of carbonyl (C=O) groups is 2. The number of ether oxygens (including phenoxy) is 1. The van der Waals surface area contributed by atoms with Crippen LogP contribution < -0.4 is 15.6 Å². The first-order chi connectivity index (χ1) is 11.8. The quantitative estimate of drug-likeness (QED) is 0.799. The fourth-order valence-electron chi connectivity index (χ4n) is 2.30. The predicted octanol–water partition coefficient (Wildman–Crippen LogP) is 1.33. The Kier molecular flexibility index (Phi) is 5.74. The lowest BCUT2D eigenvalue weighted by molar-refractivity contribution is -0.132. The number of nitrogens with one attached hydrogen (secondary N) is 2. The Morgan fingerprint density at radius 1 is 1.28 bits per heavy atom. The number of halogens is 1. The van der Waals surface area contributed by atoms with Crippen LogP contribution in [0.4, 0.5) is 4.39 Å². The summed E-state index contributed by atoms with van der Waals surface area (Å²) in [6, 6.07) is 5.78. The van der Waals surface area contributed by atoms with Crippen LogP contribution in [0.3, 0.4) is 0 Å². The van der Waals surface area contributed by atoms with Crippen LogP contribution in [0.1, 0.15) is 23.9 Å². The molecule has 2 N–H and O–H groups in total. The third-order valence-corrected chi connectivity index (χ3v) is 3.83. The van der Waals surface area contributed by atoms with Crippen molar-refractivity contribution in [1.82, 2.24) is 20.6 Å². The van der Waals surface area contributed by atoms with Gasteiger partial charge in [0, 0.05) is 18.3 Å². The largest absolute Gasteiger partial charge is 0.478 e. The molecule has 0 aliphatic rings. The molecule has 0 saturated carbocycles. The number of nitrogens with zero attached hydrogens (tertiary/aromatic N) is 2. The van der Waals surface area contributed by atoms with Crippen LogP contribution in [0.5, 0.6) is 5.75 Å². The third-order valence-electron chi connectivity index (χ3n) is 3.83. The first kappa shape index (κ1) is 18.4. The first-order valence-electron chi connectivity index (χ1n) is 7.78. The van der Waals surface area contributed by atoms with E-state index in [0.29, 0.717) is 0 Å². The second kappa shape index (κ2) is 7.78. The van der Waals surface area contributed by atoms with Crippen molar-refractivity contribution in [2.24, 2.45) is 7.05 Å². The lowest BCUT2D eigenvalue weighted by Crippen LogP contribution is -2.47. The van der Waals surface area contributed by atoms with E-state index in [1.807, 2.05) is 13.8 Å². The summed E-state index contributed by atoms with van der Waals surface area (Å²) in [6.07, 6.45) is -0.881. The van der Waals surface area contributed by atoms with Gasteiger partial charge >= 0.3 is 0 Å². The second-order valence-electron chi connectivity index (χ2n) is 5.68. The number of rotatable bonds is 5. The molecule has 0 saturated heterocycles. The van der Waals surface area contributed by atoms with Gasteiger partial charge in [0.1, 0.15) is 0 Å². The van der Waals surface area contributed by atoms with Crippen molar-refractivity contribution in [1.29, 1.82) is 0 Å². The number of aromatic nitrogens is 2. The molecule has 2 rings (SSSR count). The van der Waals surface area contributed by atoms with Gasteiger partial charge in [0.25, 0.3) is 5.91 Å². The molecule has 7 nitrogen and oxygen atoms in total. The number of hydrogen-bond acceptors (Lipinski definition) is 4. The van der Waals surface area contributed by atoms with Crippen LogP contribution in [0.25, 0.3) is 0 Å². The minimum absolute atomic E-state index is 0.0295. The molecule has 1 aromatic carbocycles. The second-order valence-corrected chi connectivity index (χ2v) is 5.68. The van der Waals surface area contributed by atoms with Crippen LogP contribution in [-0.4, -0.2) is 27.7 Å². The smallest absolute Gasteiger partial charge is 0.279 e. The summed E-state index contributed by atoms with van der Waals surface area (Å²) in [5.74, 6) is -1.56. The molecule has 1 heterocycles. The number of hydrazine groups is 1. The highest BCUT2D eigenvalue weighted by Gasteiger charge is 2.18. The third kappa shape index (κ3) is 4.56. The number of hydrogen-bond donors (Lipinski definition) is 2. The fraction of sp³-hybridized carbons (Fsp3) is 0.353. The van der Waals surface area contributed by atoms with Crippen LogP contribution >= 0.6 is 0 Å². The van der Waals surface area contributed by atoms with Crippen molar-refractivity contribution in [2.75, 3.05) is 0 Å². The molecule has 0 fully saturated rings. The summed E-state index contributed by atoms with van der Waals surface area (Å²) in [5, 5.41) is 4.24. The number of carbonyl (C=O) groups excluding carboxylic acids is 2. The van der Waals surface area contributed by atoms with E-state index in [9.17, 15) is 14.0 Å². The Hall–Kier alpha value is -2.90. The predicted molar refractivity (Wildman–Crippen MR) is 89.2 cm³/mol. The van der Waals surface area contributed by atoms with Gasteiger partial charge in [-0.05, 0) is 32.9 Å². The van der Waals surface area contributed by atoms with Gasteiger partial charge in [0.15, 0.2) is 17.7 Å². The Labute approximate surface area is 145 Å². The van der Waals surface area contributed by atoms with E-state index in [2.05, 4.69) is 16.0 Å². The van der Waals surface area contributed by atoms with Gasteiger partial charge < -0.3 is 4.74 Å². The molecule has 1 atom stereocenters. The lowest BCUT2D eigenvalue weighted by Gasteiger charge is -2.15. The van der Waals surface area contributed by atoms with Crippen molar-refractivity contribution >= 4 is 11.8 Å². The highest BCUT2D eigenvalue weighted by Crippen LogP contribution is 2.17. The van der Waals surface area contributed by atoms with E-state index in [1.165, 1.54) is 25.1 Å². The van der Waals surface area contributed by atoms with Crippen LogP contribution in [0.2, 0.25) is 0 Å². The van der Waals surface area contributed by atoms with Gasteiger partial charge in [-0.3, -0.25) is 25.1 Å². The van der Waals surface area contributed by atoms with Gasteiger partial charge in [0.2, 0.25) is 5.91 Å². The SMILES string of the molecule is Cc1nn(C)c(C)c1CC(=O)NNC(=O)C(C)Oc1ccccc1F. The van der Waals surface area contributed by atoms with Gasteiger partial charge in [-0.15, -0.1) is 0 Å². The average molecular weight is 348 g/mol. The normalized spacial score (nSPS) is 11.7. The molecule has 0 bridgehead atoms. The number of amides is 2. The highest BCUT2D eigenvalue weighted by molar-refractivity contribution is 5.85. The van der Waals surface area contributed by atoms with E-state index in [0.717, 1.165) is 17.0 Å². The van der Waals surface area contributed by atoms with E-state index in [1.54, 1.807) is 17.8 Å². The number of para-hydroxylation sites is 1. The summed E-state index contributed by atoms with van der Waals surface area (Å²) in [5.41, 5.74) is 7.06. The summed E-state index contributed by atoms with van der Waals surface area (Å²) < 4.78 is 20.5. The zero-order chi connectivity index (χ0) is 18.6. The summed E-state index contributed by atoms with van der Waals surface area (Å²) in [6.45, 7) is 5.15. The molecule has 1 aromatic heterocycles. The highest BCUT2D eigenvalue weighted by atomic mass is 19.1. The Balaban J connectivity index is 1.86. The first-order valence-corrected chi connectivity index (χ1v) is 7.78. The minimum Gasteiger partial charge on any atom is -0.478 e. The summed E-state index contributed by atoms with van der Waals surface area (Å²) >= 11 is 0. The number of aryl methyl sites for hydroxylation is 2. The Bertz CT molecular complexity index is 788. The van der Waals surface area contributed by atoms with Gasteiger partial charge in [-0.1, -0.05) is 12.1 Å². The van der Waals surface area contributed by atoms with E-state index in [-0.39, 0.29) is 18.1 Å². The topological polar surface area (TPSA) is 85.3 Å². The lowest BCUT2D eigenvalue weighted by atomic mass is 10.1. The zero-order valence-electron chi connectivity index (χ0n) is 14.6. The molecule has 8 heteroatoms. The van der Waals surface area contributed by atoms with Gasteiger partial charge in [-0.25, -0.2) is 4.39 Å². The Morgan fingerprint density at radius 3 is 2.56 bits per heavy atom. The molecule has 1 unspecified atom stereocenters. The summed E-state index contributed by atoms with van der Waals surface area (Å²) in [4.78, 5) is 24.0. The molecule has 2 amide bonds. The van der Waals surface area contributed by atoms with Crippen molar-refractivity contribution in [2.45, 2.75) is 33.3 Å². The molecule has 25 heavy (non-hydrogen) atoms. The zero-order valence-corrected chi connectivity index (χ0v) is 14.6. The molecule has 2 aromatic rings. The van der Waals surface area contributed by atoms with Gasteiger partial charge in [0.05, 0.1) is 12.1 Å². The maximum Gasteiger partial charge on any atom is 0.279 e. The standard InChI is InChI=1S/C17H21FN4O3/c1-10-13(11(2)22(4)21-10)9-16(23)19-20-17(24)12(3)25-15-8-6-5-7-14(15)18/h5-8,12H,9H2,1-4H3,(H,19,23)(H,20,24). The monoisotopic (exact) mass is 348 g/mol. The van der Waals surface area contributed by atoms with Crippen LogP contribution in [0, 0.1) is 19.7 Å². The van der Waals surface area contributed by atoms with E-state index < -0.39 is 17.8 Å². The van der Waals surface area contributed by atoms with Gasteiger partial charge in [-0.2, -0.15) is 5.10 Å². The van der Waals surface area contributed by atoms with Crippen LogP contribution in [-0.2, 0) is 23.1 Å². The number of benzene rings is 1. The maximum atomic E-state index is 13.5. The van der Waals surface area contributed by atoms with Crippen molar-refractivity contribution in [3.63, 3.8) is 0 Å². The summed E-state index contributed by atoms with van der Waals surface area (Å²) in [7, 11) is 1.80. The van der Waals surface area contributed by atoms with E-state index in [4.69, 9.17) is 4.74 Å². The maximum absolute atomic E-state index is 13.5. The van der Waals surface area contributed by atoms with Crippen molar-refractivity contribution < 1.29 is 18.7 Å². The fourth-order valence-corrected chi connectivity index (χ4v) is 2.30. The average Bonchev–Trinajstić information content (AvgIpc) is 2.81. The van der Waals surface area contributed by atoms with Crippen LogP contribution in [0.15, 0.2) is 24.3 Å². The molecular formula is C17H21FN4O3. The van der Waals surface area contributed by atoms with Crippen molar-refractivity contribution in [3.8, 4) is 5.75 Å². The molecule has 0 radical (unpaired) electrons. The molecule has 0 aliphatic heterocycles. The molecular weight excluding hydrogens is 327 g/mol. The Morgan fingerprint density at radius 2 is 1.96 bits per heavy atom. The molecule has 134 valence electrons. The van der Waals surface area contributed by atoms with Crippen molar-refractivity contribution in [3.05, 3.63) is 47.0 Å².